The molecule has 0 aliphatic carbocycles. The molecule has 0 aromatic heterocycles. The molecule has 0 spiro atoms. The van der Waals surface area contributed by atoms with Gasteiger partial charge in [-0.25, -0.2) is 4.79 Å². The predicted molar refractivity (Wildman–Crippen MR) is 102 cm³/mol. The molecule has 0 saturated heterocycles. The van der Waals surface area contributed by atoms with E-state index in [4.69, 9.17) is 11.1 Å². The third-order valence-electron chi connectivity index (χ3n) is 4.24. The molecule has 2 heterocycles. The fourth-order valence-electron chi connectivity index (χ4n) is 2.95. The minimum Gasteiger partial charge on any atom is -0.370 e. The lowest BCUT2D eigenvalue weighted by atomic mass is 10.1. The van der Waals surface area contributed by atoms with Crippen molar-refractivity contribution < 1.29 is 4.79 Å². The summed E-state index contributed by atoms with van der Waals surface area (Å²) in [5.74, 6) is 0.00247. The zero-order valence-corrected chi connectivity index (χ0v) is 14.8. The number of amides is 2. The van der Waals surface area contributed by atoms with Gasteiger partial charge in [-0.15, -0.1) is 0 Å². The first kappa shape index (κ1) is 17.8. The molecule has 1 atom stereocenters. The van der Waals surface area contributed by atoms with Gasteiger partial charge in [0.05, 0.1) is 5.69 Å². The van der Waals surface area contributed by atoms with E-state index in [0.717, 1.165) is 42.0 Å². The molecule has 2 aliphatic heterocycles. The third kappa shape index (κ3) is 4.34. The zero-order chi connectivity index (χ0) is 18.5. The number of nitrogens with two attached hydrogens (primary N) is 1. The molecule has 138 valence electrons. The van der Waals surface area contributed by atoms with Crippen molar-refractivity contribution in [3.8, 4) is 0 Å². The van der Waals surface area contributed by atoms with Crippen LogP contribution in [0.3, 0.4) is 0 Å². The Labute approximate surface area is 153 Å². The average Bonchev–Trinajstić information content (AvgIpc) is 2.96. The number of benzene rings is 1. The highest BCUT2D eigenvalue weighted by molar-refractivity contribution is 5.96. The van der Waals surface area contributed by atoms with Crippen molar-refractivity contribution in [2.24, 2.45) is 5.73 Å². The van der Waals surface area contributed by atoms with Crippen molar-refractivity contribution in [3.63, 3.8) is 0 Å². The van der Waals surface area contributed by atoms with E-state index in [-0.39, 0.29) is 18.2 Å². The van der Waals surface area contributed by atoms with Crippen LogP contribution < -0.4 is 31.9 Å². The predicted octanol–water partition coefficient (Wildman–Crippen LogP) is 0.896. The highest BCUT2D eigenvalue weighted by Crippen LogP contribution is 2.24. The van der Waals surface area contributed by atoms with E-state index in [2.05, 4.69) is 21.3 Å². The van der Waals surface area contributed by atoms with Crippen molar-refractivity contribution in [3.05, 3.63) is 53.4 Å². The Balaban J connectivity index is 1.53. The Morgan fingerprint density at radius 3 is 2.77 bits per heavy atom. The molecular weight excluding hydrogens is 330 g/mol. The Kier molecular flexibility index (Phi) is 5.43. The van der Waals surface area contributed by atoms with Gasteiger partial charge in [0.15, 0.2) is 5.96 Å². The Morgan fingerprint density at radius 2 is 2.04 bits per heavy atom. The summed E-state index contributed by atoms with van der Waals surface area (Å²) < 4.78 is 0. The minimum atomic E-state index is -0.141. The van der Waals surface area contributed by atoms with E-state index in [1.807, 2.05) is 43.5 Å². The van der Waals surface area contributed by atoms with Crippen molar-refractivity contribution in [2.75, 3.05) is 18.0 Å². The first-order chi connectivity index (χ1) is 12.5. The number of nitrogens with one attached hydrogen (secondary N) is 5. The van der Waals surface area contributed by atoms with Gasteiger partial charge < -0.3 is 27.0 Å². The lowest BCUT2D eigenvalue weighted by Crippen LogP contribution is -2.51. The van der Waals surface area contributed by atoms with Crippen LogP contribution in [-0.4, -0.2) is 31.2 Å². The molecule has 1 unspecified atom stereocenters. The second kappa shape index (κ2) is 7.92. The van der Waals surface area contributed by atoms with Crippen LogP contribution in [0.2, 0.25) is 0 Å². The molecule has 0 radical (unpaired) electrons. The van der Waals surface area contributed by atoms with Crippen molar-refractivity contribution in [1.29, 1.82) is 5.41 Å². The highest BCUT2D eigenvalue weighted by atomic mass is 16.2. The van der Waals surface area contributed by atoms with Crippen LogP contribution in [0.4, 0.5) is 10.5 Å². The van der Waals surface area contributed by atoms with Crippen LogP contribution in [-0.2, 0) is 6.54 Å². The maximum atomic E-state index is 12.3. The van der Waals surface area contributed by atoms with Crippen LogP contribution in [0.25, 0.3) is 0 Å². The lowest BCUT2D eigenvalue weighted by Gasteiger charge is -2.29. The Hall–Kier alpha value is -3.00. The first-order valence-corrected chi connectivity index (χ1v) is 8.67. The summed E-state index contributed by atoms with van der Waals surface area (Å²) in [5.41, 5.74) is 9.30. The SMILES string of the molecule is CC1=CC2=CN(c3ccc(CNCCCNC(=N)N)cc3)C(=O)NC2N1. The maximum Gasteiger partial charge on any atom is 0.327 e. The van der Waals surface area contributed by atoms with Crippen LogP contribution in [0.5, 0.6) is 0 Å². The van der Waals surface area contributed by atoms with Crippen LogP contribution in [0.15, 0.2) is 47.8 Å². The molecule has 2 amide bonds. The topological polar surface area (TPSA) is 118 Å². The molecule has 3 rings (SSSR count). The second-order valence-electron chi connectivity index (χ2n) is 6.39. The summed E-state index contributed by atoms with van der Waals surface area (Å²) in [6, 6.07) is 7.79. The summed E-state index contributed by atoms with van der Waals surface area (Å²) in [5, 5.41) is 19.4. The largest absolute Gasteiger partial charge is 0.370 e. The van der Waals surface area contributed by atoms with Gasteiger partial charge in [0.2, 0.25) is 0 Å². The number of hydrogen-bond donors (Lipinski definition) is 6. The number of carbonyl (C=O) groups is 1. The number of nitrogens with zero attached hydrogens (tertiary/aromatic N) is 1. The molecule has 0 bridgehead atoms. The minimum absolute atomic E-state index is 0.00247. The van der Waals surface area contributed by atoms with Gasteiger partial charge in [0, 0.05) is 30.6 Å². The molecule has 8 nitrogen and oxygen atoms in total. The highest BCUT2D eigenvalue weighted by Gasteiger charge is 2.29. The van der Waals surface area contributed by atoms with Crippen LogP contribution >= 0.6 is 0 Å². The molecule has 1 aromatic carbocycles. The van der Waals surface area contributed by atoms with E-state index in [1.54, 1.807) is 4.90 Å². The van der Waals surface area contributed by atoms with Gasteiger partial charge in [-0.2, -0.15) is 0 Å². The van der Waals surface area contributed by atoms with Crippen LogP contribution in [0.1, 0.15) is 18.9 Å². The van der Waals surface area contributed by atoms with E-state index in [1.165, 1.54) is 0 Å². The van der Waals surface area contributed by atoms with E-state index < -0.39 is 0 Å². The van der Waals surface area contributed by atoms with Gasteiger partial charge in [0.25, 0.3) is 0 Å². The fraction of sp³-hybridized carbons (Fsp3) is 0.333. The summed E-state index contributed by atoms with van der Waals surface area (Å²) in [4.78, 5) is 13.9. The van der Waals surface area contributed by atoms with Crippen molar-refractivity contribution >= 4 is 17.7 Å². The molecule has 0 saturated carbocycles. The van der Waals surface area contributed by atoms with E-state index in [0.29, 0.717) is 6.54 Å². The molecule has 7 N–H and O–H groups in total. The number of rotatable bonds is 7. The van der Waals surface area contributed by atoms with Gasteiger partial charge in [-0.1, -0.05) is 12.1 Å². The van der Waals surface area contributed by atoms with Crippen LogP contribution in [0, 0.1) is 5.41 Å². The number of fused-ring (bicyclic) bond motifs is 1. The zero-order valence-electron chi connectivity index (χ0n) is 14.8. The monoisotopic (exact) mass is 355 g/mol. The first-order valence-electron chi connectivity index (χ1n) is 8.67. The Bertz CT molecular complexity index is 738. The average molecular weight is 355 g/mol. The number of carbonyl (C=O) groups excluding carboxylic acids is 1. The molecule has 1 aromatic rings. The number of hydrogen-bond acceptors (Lipinski definition) is 4. The van der Waals surface area contributed by atoms with Crippen molar-refractivity contribution in [1.82, 2.24) is 21.3 Å². The number of allylic oxidation sites excluding steroid dienone is 1. The third-order valence-corrected chi connectivity index (χ3v) is 4.24. The molecule has 2 aliphatic rings. The standard InChI is InChI=1S/C18H25N7O/c1-12-9-14-11-25(18(26)24-16(14)23-12)15-5-3-13(4-6-15)10-21-7-2-8-22-17(19)20/h3-6,9,11,16,21,23H,2,7-8,10H2,1H3,(H,24,26)(H4,19,20,22). The van der Waals surface area contributed by atoms with Gasteiger partial charge in [0.1, 0.15) is 6.17 Å². The smallest absolute Gasteiger partial charge is 0.327 e. The lowest BCUT2D eigenvalue weighted by molar-refractivity contribution is 0.244. The molecule has 8 heteroatoms. The number of guanidine groups is 1. The number of anilines is 1. The van der Waals surface area contributed by atoms with E-state index >= 15 is 0 Å². The molecule has 0 fully saturated rings. The normalized spacial score (nSPS) is 18.4. The summed E-state index contributed by atoms with van der Waals surface area (Å²) in [6.07, 6.45) is 4.68. The maximum absolute atomic E-state index is 12.3. The molecular formula is C18H25N7O. The number of urea groups is 1. The fourth-order valence-corrected chi connectivity index (χ4v) is 2.95. The van der Waals surface area contributed by atoms with Gasteiger partial charge in [-0.3, -0.25) is 10.3 Å². The Morgan fingerprint density at radius 1 is 1.27 bits per heavy atom. The van der Waals surface area contributed by atoms with Gasteiger partial charge in [-0.05, 0) is 43.7 Å². The summed E-state index contributed by atoms with van der Waals surface area (Å²) in [6.45, 7) is 4.25. The molecule has 26 heavy (non-hydrogen) atoms. The van der Waals surface area contributed by atoms with Gasteiger partial charge >= 0.3 is 6.03 Å². The summed E-state index contributed by atoms with van der Waals surface area (Å²) >= 11 is 0. The summed E-state index contributed by atoms with van der Waals surface area (Å²) in [7, 11) is 0. The van der Waals surface area contributed by atoms with E-state index in [9.17, 15) is 4.79 Å². The second-order valence-corrected chi connectivity index (χ2v) is 6.39. The quantitative estimate of drug-likeness (QED) is 0.247. The van der Waals surface area contributed by atoms with Crippen molar-refractivity contribution in [2.45, 2.75) is 26.1 Å².